The Morgan fingerprint density at radius 3 is 2.33 bits per heavy atom. The topological polar surface area (TPSA) is 73.1 Å². The van der Waals surface area contributed by atoms with Gasteiger partial charge in [0.05, 0.1) is 30.5 Å². The molecule has 0 amide bonds. The Morgan fingerprint density at radius 1 is 0.917 bits per heavy atom. The third-order valence-electron chi connectivity index (χ3n) is 5.35. The maximum Gasteiger partial charge on any atom is 0.308 e. The fourth-order valence-corrected chi connectivity index (χ4v) is 3.24. The zero-order valence-corrected chi connectivity index (χ0v) is 21.2. The summed E-state index contributed by atoms with van der Waals surface area (Å²) in [6.45, 7) is 6.86. The molecule has 1 aromatic heterocycles. The molecule has 0 saturated carbocycles. The molecular formula is C30H33N3O3. The number of unbranched alkanes of at least 4 members (excludes halogenated alkanes) is 3. The molecule has 0 fully saturated rings. The highest BCUT2D eigenvalue weighted by atomic mass is 16.5. The van der Waals surface area contributed by atoms with Crippen LogP contribution in [0.2, 0.25) is 0 Å². The van der Waals surface area contributed by atoms with Gasteiger partial charge in [0.1, 0.15) is 5.75 Å². The van der Waals surface area contributed by atoms with Crippen LogP contribution >= 0.6 is 0 Å². The fraction of sp³-hybridized carbons (Fsp3) is 0.333. The maximum atomic E-state index is 11.4. The van der Waals surface area contributed by atoms with Gasteiger partial charge in [0.2, 0.25) is 0 Å². The molecule has 0 atom stereocenters. The number of hydrogen-bond acceptors (Lipinski definition) is 6. The van der Waals surface area contributed by atoms with Gasteiger partial charge in [-0.05, 0) is 92.8 Å². The average Bonchev–Trinajstić information content (AvgIpc) is 2.89. The summed E-state index contributed by atoms with van der Waals surface area (Å²) < 4.78 is 11.0. The van der Waals surface area contributed by atoms with Crippen molar-refractivity contribution in [3.63, 3.8) is 0 Å². The van der Waals surface area contributed by atoms with E-state index >= 15 is 0 Å². The minimum absolute atomic E-state index is 0.0639. The molecule has 3 rings (SSSR count). The summed E-state index contributed by atoms with van der Waals surface area (Å²) in [7, 11) is 0. The third kappa shape index (κ3) is 9.34. The number of pyridine rings is 1. The molecule has 0 saturated heterocycles. The van der Waals surface area contributed by atoms with Crippen molar-refractivity contribution in [2.45, 2.75) is 46.5 Å². The molecule has 0 bridgehead atoms. The Balaban J connectivity index is 1.39. The van der Waals surface area contributed by atoms with Crippen LogP contribution < -0.4 is 4.74 Å². The van der Waals surface area contributed by atoms with Crippen molar-refractivity contribution < 1.29 is 14.3 Å². The monoisotopic (exact) mass is 483 g/mol. The second-order valence-corrected chi connectivity index (χ2v) is 8.77. The zero-order chi connectivity index (χ0) is 25.6. The van der Waals surface area contributed by atoms with Gasteiger partial charge in [0.25, 0.3) is 0 Å². The summed E-state index contributed by atoms with van der Waals surface area (Å²) in [5, 5.41) is 8.69. The van der Waals surface area contributed by atoms with E-state index in [1.807, 2.05) is 75.4 Å². The minimum Gasteiger partial charge on any atom is -0.494 e. The van der Waals surface area contributed by atoms with Gasteiger partial charge < -0.3 is 9.47 Å². The highest BCUT2D eigenvalue weighted by Crippen LogP contribution is 2.23. The summed E-state index contributed by atoms with van der Waals surface area (Å²) in [5.74, 6) is 6.93. The van der Waals surface area contributed by atoms with E-state index in [9.17, 15) is 4.79 Å². The zero-order valence-electron chi connectivity index (χ0n) is 21.2. The second kappa shape index (κ2) is 14.4. The number of esters is 1. The van der Waals surface area contributed by atoms with Gasteiger partial charge in [-0.2, -0.15) is 10.2 Å². The summed E-state index contributed by atoms with van der Waals surface area (Å²) >= 11 is 0. The molecule has 36 heavy (non-hydrogen) atoms. The Labute approximate surface area is 213 Å². The third-order valence-corrected chi connectivity index (χ3v) is 5.35. The van der Waals surface area contributed by atoms with Crippen molar-refractivity contribution in [2.24, 2.45) is 16.1 Å². The molecule has 3 aromatic rings. The molecule has 0 aliphatic rings. The standard InChI is InChI=1S/C30H33N3O3/c1-23(2)30(34)36-20-7-5-4-6-19-35-29-16-14-27(15-17-29)32-33-28-13-12-26(24(3)21-28)11-10-25-9-8-18-31-22-25/h8-9,12-18,21-23H,4-7,19-20H2,1-3H3/b33-32+. The van der Waals surface area contributed by atoms with Gasteiger partial charge >= 0.3 is 5.97 Å². The van der Waals surface area contributed by atoms with E-state index in [4.69, 9.17) is 9.47 Å². The van der Waals surface area contributed by atoms with Crippen LogP contribution in [0.25, 0.3) is 0 Å². The first-order valence-corrected chi connectivity index (χ1v) is 12.4. The van der Waals surface area contributed by atoms with Crippen molar-refractivity contribution in [3.05, 3.63) is 83.7 Å². The minimum atomic E-state index is -0.128. The molecule has 0 aliphatic heterocycles. The van der Waals surface area contributed by atoms with Crippen molar-refractivity contribution in [2.75, 3.05) is 13.2 Å². The maximum absolute atomic E-state index is 11.4. The van der Waals surface area contributed by atoms with E-state index in [1.54, 1.807) is 12.4 Å². The van der Waals surface area contributed by atoms with Crippen LogP contribution in [0.5, 0.6) is 5.75 Å². The molecule has 2 aromatic carbocycles. The Hall–Kier alpha value is -3.98. The lowest BCUT2D eigenvalue weighted by atomic mass is 10.1. The van der Waals surface area contributed by atoms with Crippen LogP contribution in [-0.2, 0) is 9.53 Å². The molecule has 0 spiro atoms. The van der Waals surface area contributed by atoms with E-state index < -0.39 is 0 Å². The Kier molecular flexibility index (Phi) is 10.7. The van der Waals surface area contributed by atoms with Gasteiger partial charge in [-0.15, -0.1) is 0 Å². The molecule has 0 unspecified atom stereocenters. The van der Waals surface area contributed by atoms with Gasteiger partial charge in [-0.1, -0.05) is 25.7 Å². The summed E-state index contributed by atoms with van der Waals surface area (Å²) in [5.41, 5.74) is 4.42. The van der Waals surface area contributed by atoms with Crippen molar-refractivity contribution in [3.8, 4) is 17.6 Å². The Morgan fingerprint density at radius 2 is 1.64 bits per heavy atom. The van der Waals surface area contributed by atoms with Crippen LogP contribution in [0.15, 0.2) is 77.2 Å². The number of azo groups is 1. The molecule has 6 heteroatoms. The number of nitrogens with zero attached hydrogens (tertiary/aromatic N) is 3. The van der Waals surface area contributed by atoms with Crippen LogP contribution in [0, 0.1) is 24.7 Å². The number of hydrogen-bond donors (Lipinski definition) is 0. The number of aromatic nitrogens is 1. The van der Waals surface area contributed by atoms with E-state index in [0.717, 1.165) is 59.5 Å². The van der Waals surface area contributed by atoms with Crippen molar-refractivity contribution in [1.29, 1.82) is 0 Å². The van der Waals surface area contributed by atoms with Crippen LogP contribution in [0.3, 0.4) is 0 Å². The first-order chi connectivity index (χ1) is 17.5. The predicted octanol–water partition coefficient (Wildman–Crippen LogP) is 7.34. The largest absolute Gasteiger partial charge is 0.494 e. The molecule has 186 valence electrons. The first kappa shape index (κ1) is 26.6. The quantitative estimate of drug-likeness (QED) is 0.124. The smallest absolute Gasteiger partial charge is 0.308 e. The van der Waals surface area contributed by atoms with Gasteiger partial charge in [0, 0.05) is 23.5 Å². The van der Waals surface area contributed by atoms with Gasteiger partial charge in [-0.3, -0.25) is 9.78 Å². The number of carbonyl (C=O) groups excluding carboxylic acids is 1. The van der Waals surface area contributed by atoms with Crippen molar-refractivity contribution in [1.82, 2.24) is 4.98 Å². The summed E-state index contributed by atoms with van der Waals surface area (Å²) in [6.07, 6.45) is 7.39. The van der Waals surface area contributed by atoms with E-state index in [-0.39, 0.29) is 11.9 Å². The summed E-state index contributed by atoms with van der Waals surface area (Å²) in [6, 6.07) is 17.2. The van der Waals surface area contributed by atoms with E-state index in [1.165, 1.54) is 0 Å². The summed E-state index contributed by atoms with van der Waals surface area (Å²) in [4.78, 5) is 15.5. The highest BCUT2D eigenvalue weighted by Gasteiger charge is 2.07. The van der Waals surface area contributed by atoms with Crippen molar-refractivity contribution >= 4 is 17.3 Å². The first-order valence-electron chi connectivity index (χ1n) is 12.4. The Bertz CT molecular complexity index is 1190. The molecule has 0 N–H and O–H groups in total. The average molecular weight is 484 g/mol. The van der Waals surface area contributed by atoms with Gasteiger partial charge in [-0.25, -0.2) is 0 Å². The SMILES string of the molecule is Cc1cc(/N=N/c2ccc(OCCCCCCOC(=O)C(C)C)cc2)ccc1C#Cc1cccnc1. The van der Waals surface area contributed by atoms with Crippen LogP contribution in [0.1, 0.15) is 56.2 Å². The molecule has 0 aliphatic carbocycles. The number of ether oxygens (including phenoxy) is 2. The predicted molar refractivity (Wildman–Crippen MR) is 142 cm³/mol. The molecule has 6 nitrogen and oxygen atoms in total. The number of rotatable bonds is 11. The van der Waals surface area contributed by atoms with Gasteiger partial charge in [0.15, 0.2) is 0 Å². The number of carbonyl (C=O) groups is 1. The highest BCUT2D eigenvalue weighted by molar-refractivity contribution is 5.71. The van der Waals surface area contributed by atoms with E-state index in [0.29, 0.717) is 13.2 Å². The molecule has 0 radical (unpaired) electrons. The van der Waals surface area contributed by atoms with Crippen LogP contribution in [-0.4, -0.2) is 24.2 Å². The normalized spacial score (nSPS) is 10.8. The van der Waals surface area contributed by atoms with E-state index in [2.05, 4.69) is 27.1 Å². The molecule has 1 heterocycles. The lowest BCUT2D eigenvalue weighted by molar-refractivity contribution is -0.147. The lowest BCUT2D eigenvalue weighted by Crippen LogP contribution is -2.12. The number of benzene rings is 2. The number of aryl methyl sites for hydroxylation is 1. The fourth-order valence-electron chi connectivity index (χ4n) is 3.24. The van der Waals surface area contributed by atoms with Crippen LogP contribution in [0.4, 0.5) is 11.4 Å². The lowest BCUT2D eigenvalue weighted by Gasteiger charge is -2.08. The second-order valence-electron chi connectivity index (χ2n) is 8.77. The molecular weight excluding hydrogens is 450 g/mol.